The smallest absolute Gasteiger partial charge is 0.254 e. The van der Waals surface area contributed by atoms with Crippen LogP contribution in [0.2, 0.25) is 0 Å². The first kappa shape index (κ1) is 28.5. The van der Waals surface area contributed by atoms with Gasteiger partial charge in [0.1, 0.15) is 28.6 Å². The van der Waals surface area contributed by atoms with Crippen LogP contribution in [0.5, 0.6) is 17.2 Å². The SMILES string of the molecule is COc1cccc(C(=O)N(Cc2cc3c(OC)ccc(OC)c3nc2N2CCN(C(C)=O)CC2)CC2CCCO2)c1. The van der Waals surface area contributed by atoms with Crippen LogP contribution in [0.15, 0.2) is 42.5 Å². The van der Waals surface area contributed by atoms with Gasteiger partial charge in [-0.1, -0.05) is 6.07 Å². The quantitative estimate of drug-likeness (QED) is 0.389. The minimum absolute atomic E-state index is 0.0323. The molecular formula is C31H38N4O6. The van der Waals surface area contributed by atoms with Crippen LogP contribution in [-0.2, 0) is 16.1 Å². The molecule has 41 heavy (non-hydrogen) atoms. The number of amides is 2. The number of carbonyl (C=O) groups is 2. The first-order valence-electron chi connectivity index (χ1n) is 14.0. The van der Waals surface area contributed by atoms with Gasteiger partial charge in [0.15, 0.2) is 0 Å². The summed E-state index contributed by atoms with van der Waals surface area (Å²) in [7, 11) is 4.85. The summed E-state index contributed by atoms with van der Waals surface area (Å²) in [6.45, 7) is 5.55. The molecule has 0 radical (unpaired) electrons. The molecule has 1 unspecified atom stereocenters. The fourth-order valence-electron chi connectivity index (χ4n) is 5.60. The zero-order chi connectivity index (χ0) is 28.9. The number of ether oxygens (including phenoxy) is 4. The first-order valence-corrected chi connectivity index (χ1v) is 14.0. The van der Waals surface area contributed by atoms with Gasteiger partial charge in [0.25, 0.3) is 5.91 Å². The van der Waals surface area contributed by atoms with Crippen molar-refractivity contribution < 1.29 is 28.5 Å². The molecule has 3 heterocycles. The second-order valence-corrected chi connectivity index (χ2v) is 10.4. The number of piperazine rings is 1. The minimum atomic E-state index is -0.107. The number of hydrogen-bond donors (Lipinski definition) is 0. The molecule has 3 aromatic rings. The van der Waals surface area contributed by atoms with E-state index in [1.54, 1.807) is 34.3 Å². The summed E-state index contributed by atoms with van der Waals surface area (Å²) in [5.74, 6) is 2.66. The van der Waals surface area contributed by atoms with Crippen molar-refractivity contribution in [2.75, 3.05) is 65.6 Å². The lowest BCUT2D eigenvalue weighted by Gasteiger charge is -2.36. The molecule has 0 aliphatic carbocycles. The average molecular weight is 563 g/mol. The van der Waals surface area contributed by atoms with E-state index < -0.39 is 0 Å². The van der Waals surface area contributed by atoms with Crippen molar-refractivity contribution >= 4 is 28.5 Å². The number of carbonyl (C=O) groups excluding carboxylic acids is 2. The van der Waals surface area contributed by atoms with Gasteiger partial charge in [-0.25, -0.2) is 4.98 Å². The van der Waals surface area contributed by atoms with Gasteiger partial charge >= 0.3 is 0 Å². The number of benzene rings is 2. The monoisotopic (exact) mass is 562 g/mol. The maximum atomic E-state index is 14.0. The summed E-state index contributed by atoms with van der Waals surface area (Å²) < 4.78 is 22.7. The van der Waals surface area contributed by atoms with Gasteiger partial charge in [-0.2, -0.15) is 0 Å². The number of hydrogen-bond acceptors (Lipinski definition) is 8. The summed E-state index contributed by atoms with van der Waals surface area (Å²) in [4.78, 5) is 37.0. The molecule has 0 bridgehead atoms. The fraction of sp³-hybridized carbons (Fsp3) is 0.452. The number of nitrogens with zero attached hydrogens (tertiary/aromatic N) is 4. The molecule has 1 aromatic heterocycles. The lowest BCUT2D eigenvalue weighted by molar-refractivity contribution is -0.129. The highest BCUT2D eigenvalue weighted by molar-refractivity contribution is 5.95. The van der Waals surface area contributed by atoms with Crippen LogP contribution >= 0.6 is 0 Å². The normalized spacial score (nSPS) is 17.0. The van der Waals surface area contributed by atoms with Crippen molar-refractivity contribution in [3.63, 3.8) is 0 Å². The third kappa shape index (κ3) is 6.17. The van der Waals surface area contributed by atoms with Crippen molar-refractivity contribution in [1.29, 1.82) is 0 Å². The van der Waals surface area contributed by atoms with Crippen LogP contribution in [0.25, 0.3) is 10.9 Å². The van der Waals surface area contributed by atoms with Crippen LogP contribution in [0, 0.1) is 0 Å². The second-order valence-electron chi connectivity index (χ2n) is 10.4. The maximum absolute atomic E-state index is 14.0. The van der Waals surface area contributed by atoms with Crippen LogP contribution in [0.4, 0.5) is 5.82 Å². The first-order chi connectivity index (χ1) is 19.9. The summed E-state index contributed by atoms with van der Waals surface area (Å²) in [5.41, 5.74) is 2.12. The Bertz CT molecular complexity index is 1400. The standard InChI is InChI=1S/C31H38N4O6/c1-21(36)33-12-14-34(15-13-33)30-23(18-26-27(39-3)10-11-28(40-4)29(26)32-30)19-35(20-25-9-6-16-41-25)31(37)22-7-5-8-24(17-22)38-2/h5,7-8,10-11,17-18,25H,6,9,12-16,19-20H2,1-4H3. The van der Waals surface area contributed by atoms with E-state index in [1.807, 2.05) is 40.1 Å². The lowest BCUT2D eigenvalue weighted by Crippen LogP contribution is -2.48. The van der Waals surface area contributed by atoms with Gasteiger partial charge in [-0.3, -0.25) is 9.59 Å². The van der Waals surface area contributed by atoms with Crippen molar-refractivity contribution in [3.8, 4) is 17.2 Å². The van der Waals surface area contributed by atoms with Crippen molar-refractivity contribution in [2.24, 2.45) is 0 Å². The second kappa shape index (κ2) is 12.6. The Balaban J connectivity index is 1.58. The highest BCUT2D eigenvalue weighted by Crippen LogP contribution is 2.36. The van der Waals surface area contributed by atoms with Gasteiger partial charge in [-0.15, -0.1) is 0 Å². The molecule has 0 spiro atoms. The highest BCUT2D eigenvalue weighted by Gasteiger charge is 2.28. The molecule has 2 aromatic carbocycles. The van der Waals surface area contributed by atoms with E-state index in [0.29, 0.717) is 74.2 Å². The van der Waals surface area contributed by atoms with Gasteiger partial charge in [0.05, 0.1) is 27.4 Å². The van der Waals surface area contributed by atoms with E-state index in [-0.39, 0.29) is 17.9 Å². The van der Waals surface area contributed by atoms with Crippen LogP contribution in [0.1, 0.15) is 35.7 Å². The molecule has 1 atom stereocenters. The van der Waals surface area contributed by atoms with Gasteiger partial charge in [0.2, 0.25) is 5.91 Å². The molecule has 10 heteroatoms. The topological polar surface area (TPSA) is 93.7 Å². The molecule has 2 aliphatic heterocycles. The molecule has 2 amide bonds. The molecule has 0 saturated carbocycles. The van der Waals surface area contributed by atoms with Crippen molar-refractivity contribution in [2.45, 2.75) is 32.4 Å². The summed E-state index contributed by atoms with van der Waals surface area (Å²) in [6.07, 6.45) is 1.85. The third-order valence-electron chi connectivity index (χ3n) is 7.84. The molecule has 2 fully saturated rings. The van der Waals surface area contributed by atoms with Gasteiger partial charge in [-0.05, 0) is 49.2 Å². The fourth-order valence-corrected chi connectivity index (χ4v) is 5.60. The van der Waals surface area contributed by atoms with Crippen LogP contribution in [-0.4, -0.2) is 93.4 Å². The van der Waals surface area contributed by atoms with Gasteiger partial charge in [0, 0.05) is 69.3 Å². The summed E-state index contributed by atoms with van der Waals surface area (Å²) in [6, 6.07) is 13.0. The van der Waals surface area contributed by atoms with Crippen LogP contribution < -0.4 is 19.1 Å². The van der Waals surface area contributed by atoms with E-state index in [4.69, 9.17) is 23.9 Å². The predicted octanol–water partition coefficient (Wildman–Crippen LogP) is 3.75. The minimum Gasteiger partial charge on any atom is -0.497 e. The van der Waals surface area contributed by atoms with E-state index in [9.17, 15) is 9.59 Å². The predicted molar refractivity (Wildman–Crippen MR) is 156 cm³/mol. The molecule has 2 aliphatic rings. The molecular weight excluding hydrogens is 524 g/mol. The van der Waals surface area contributed by atoms with E-state index in [1.165, 1.54) is 0 Å². The molecule has 10 nitrogen and oxygen atoms in total. The third-order valence-corrected chi connectivity index (χ3v) is 7.84. The molecule has 0 N–H and O–H groups in total. The summed E-state index contributed by atoms with van der Waals surface area (Å²) in [5, 5.41) is 0.805. The Kier molecular flexibility index (Phi) is 8.78. The van der Waals surface area contributed by atoms with Crippen molar-refractivity contribution in [3.05, 3.63) is 53.6 Å². The van der Waals surface area contributed by atoms with Crippen LogP contribution in [0.3, 0.4) is 0 Å². The lowest BCUT2D eigenvalue weighted by atomic mass is 10.1. The Labute approximate surface area is 240 Å². The summed E-state index contributed by atoms with van der Waals surface area (Å²) >= 11 is 0. The molecule has 5 rings (SSSR count). The molecule has 2 saturated heterocycles. The molecule has 218 valence electrons. The zero-order valence-corrected chi connectivity index (χ0v) is 24.2. The zero-order valence-electron chi connectivity index (χ0n) is 24.2. The highest BCUT2D eigenvalue weighted by atomic mass is 16.5. The number of rotatable bonds is 9. The number of methoxy groups -OCH3 is 3. The average Bonchev–Trinajstić information content (AvgIpc) is 3.52. The Morgan fingerprint density at radius 2 is 1.76 bits per heavy atom. The Morgan fingerprint density at radius 1 is 1.00 bits per heavy atom. The number of fused-ring (bicyclic) bond motifs is 1. The number of aromatic nitrogens is 1. The van der Waals surface area contributed by atoms with E-state index >= 15 is 0 Å². The Morgan fingerprint density at radius 3 is 2.41 bits per heavy atom. The Hall–Kier alpha value is -4.05. The maximum Gasteiger partial charge on any atom is 0.254 e. The largest absolute Gasteiger partial charge is 0.497 e. The van der Waals surface area contributed by atoms with Gasteiger partial charge < -0.3 is 33.6 Å². The number of pyridine rings is 1. The van der Waals surface area contributed by atoms with E-state index in [0.717, 1.165) is 29.6 Å². The van der Waals surface area contributed by atoms with E-state index in [2.05, 4.69) is 11.0 Å². The van der Waals surface area contributed by atoms with Crippen molar-refractivity contribution in [1.82, 2.24) is 14.8 Å². The number of anilines is 1.